The Hall–Kier alpha value is -0.640. The Balaban J connectivity index is -0.00000180. The molecule has 0 saturated carbocycles. The zero-order chi connectivity index (χ0) is 15.4. The van der Waals surface area contributed by atoms with E-state index in [2.05, 4.69) is 9.47 Å². The number of hydrogen-bond acceptors (Lipinski definition) is 8. The first-order valence-electron chi connectivity index (χ1n) is 6.37. The summed E-state index contributed by atoms with van der Waals surface area (Å²) in [7, 11) is 2.56. The summed E-state index contributed by atoms with van der Waals surface area (Å²) in [5, 5.41) is 17.8. The lowest BCUT2D eigenvalue weighted by atomic mass is 10.4. The Labute approximate surface area is 143 Å². The predicted octanol–water partition coefficient (Wildman–Crippen LogP) is -1.24. The van der Waals surface area contributed by atoms with Crippen molar-refractivity contribution in [1.29, 1.82) is 0 Å². The monoisotopic (exact) mass is 364 g/mol. The SMILES string of the molecule is COC(=O)CN(CCN(CCO)CCO)CC(=O)OC.Cl.Cl. The largest absolute Gasteiger partial charge is 0.468 e. The van der Waals surface area contributed by atoms with Crippen LogP contribution in [0.3, 0.4) is 0 Å². The fourth-order valence-electron chi connectivity index (χ4n) is 1.61. The second kappa shape index (κ2) is 16.7. The Kier molecular flexibility index (Phi) is 20.0. The molecule has 2 N–H and O–H groups in total. The first-order chi connectivity index (χ1) is 9.57. The van der Waals surface area contributed by atoms with Crippen LogP contribution in [0.25, 0.3) is 0 Å². The highest BCUT2D eigenvalue weighted by molar-refractivity contribution is 5.85. The van der Waals surface area contributed by atoms with Gasteiger partial charge >= 0.3 is 11.9 Å². The molecule has 0 unspecified atom stereocenters. The van der Waals surface area contributed by atoms with E-state index in [1.807, 2.05) is 4.90 Å². The minimum Gasteiger partial charge on any atom is -0.468 e. The molecule has 0 bridgehead atoms. The Morgan fingerprint density at radius 1 is 0.773 bits per heavy atom. The number of nitrogens with zero attached hydrogens (tertiary/aromatic N) is 2. The Morgan fingerprint density at radius 2 is 1.14 bits per heavy atom. The van der Waals surface area contributed by atoms with Crippen LogP contribution in [0, 0.1) is 0 Å². The third kappa shape index (κ3) is 13.1. The summed E-state index contributed by atoms with van der Waals surface area (Å²) in [4.78, 5) is 26.0. The van der Waals surface area contributed by atoms with Gasteiger partial charge in [0.05, 0.1) is 40.5 Å². The quantitative estimate of drug-likeness (QED) is 0.439. The average Bonchev–Trinajstić information content (AvgIpc) is 2.44. The number of aliphatic hydroxyl groups is 2. The first-order valence-corrected chi connectivity index (χ1v) is 6.37. The molecule has 0 aromatic carbocycles. The summed E-state index contributed by atoms with van der Waals surface area (Å²) in [5.41, 5.74) is 0. The zero-order valence-electron chi connectivity index (χ0n) is 12.9. The van der Waals surface area contributed by atoms with Crippen LogP contribution >= 0.6 is 24.8 Å². The number of esters is 2. The van der Waals surface area contributed by atoms with Crippen molar-refractivity contribution in [2.24, 2.45) is 0 Å². The molecule has 8 nitrogen and oxygen atoms in total. The van der Waals surface area contributed by atoms with Gasteiger partial charge in [0.2, 0.25) is 0 Å². The van der Waals surface area contributed by atoms with Crippen molar-refractivity contribution in [2.75, 3.05) is 66.7 Å². The van der Waals surface area contributed by atoms with Crippen molar-refractivity contribution in [1.82, 2.24) is 9.80 Å². The van der Waals surface area contributed by atoms with Crippen LogP contribution in [-0.4, -0.2) is 98.7 Å². The van der Waals surface area contributed by atoms with Crippen LogP contribution in [0.1, 0.15) is 0 Å². The molecule has 0 atom stereocenters. The number of halogens is 2. The fourth-order valence-corrected chi connectivity index (χ4v) is 1.61. The maximum Gasteiger partial charge on any atom is 0.319 e. The van der Waals surface area contributed by atoms with E-state index in [1.165, 1.54) is 14.2 Å². The molecule has 134 valence electrons. The summed E-state index contributed by atoms with van der Waals surface area (Å²) in [5.74, 6) is -0.880. The van der Waals surface area contributed by atoms with E-state index in [0.29, 0.717) is 26.2 Å². The number of carbonyl (C=O) groups is 2. The number of methoxy groups -OCH3 is 2. The van der Waals surface area contributed by atoms with Crippen LogP contribution in [0.15, 0.2) is 0 Å². The smallest absolute Gasteiger partial charge is 0.319 e. The minimum absolute atomic E-state index is 0. The van der Waals surface area contributed by atoms with Crippen molar-refractivity contribution in [3.8, 4) is 0 Å². The highest BCUT2D eigenvalue weighted by Crippen LogP contribution is 1.95. The number of rotatable bonds is 11. The van der Waals surface area contributed by atoms with Crippen molar-refractivity contribution in [2.45, 2.75) is 0 Å². The molecule has 0 saturated heterocycles. The van der Waals surface area contributed by atoms with E-state index in [9.17, 15) is 9.59 Å². The summed E-state index contributed by atoms with van der Waals surface area (Å²) in [6.45, 7) is 1.70. The highest BCUT2D eigenvalue weighted by atomic mass is 35.5. The molecule has 0 radical (unpaired) electrons. The maximum atomic E-state index is 11.3. The van der Waals surface area contributed by atoms with E-state index < -0.39 is 11.9 Å². The number of ether oxygens (including phenoxy) is 2. The maximum absolute atomic E-state index is 11.3. The molecule has 0 aromatic rings. The van der Waals surface area contributed by atoms with Crippen LogP contribution < -0.4 is 0 Å². The third-order valence-electron chi connectivity index (χ3n) is 2.73. The van der Waals surface area contributed by atoms with Crippen LogP contribution in [-0.2, 0) is 19.1 Å². The molecule has 0 aliphatic heterocycles. The van der Waals surface area contributed by atoms with Crippen molar-refractivity contribution < 1.29 is 29.3 Å². The molecule has 0 spiro atoms. The van der Waals surface area contributed by atoms with Crippen LogP contribution in [0.5, 0.6) is 0 Å². The summed E-state index contributed by atoms with van der Waals surface area (Å²) in [6, 6.07) is 0. The summed E-state index contributed by atoms with van der Waals surface area (Å²) < 4.78 is 9.14. The predicted molar refractivity (Wildman–Crippen MR) is 85.6 cm³/mol. The second-order valence-electron chi connectivity index (χ2n) is 4.15. The fraction of sp³-hybridized carbons (Fsp3) is 0.833. The Morgan fingerprint density at radius 3 is 1.45 bits per heavy atom. The van der Waals surface area contributed by atoms with Gasteiger partial charge in [-0.3, -0.25) is 19.4 Å². The third-order valence-corrected chi connectivity index (χ3v) is 2.73. The van der Waals surface area contributed by atoms with E-state index in [1.54, 1.807) is 4.90 Å². The standard InChI is InChI=1S/C12H24N2O6.2ClH/c1-19-11(17)9-14(10-12(18)20-2)4-3-13(5-7-15)6-8-16;;/h15-16H,3-10H2,1-2H3;2*1H. The van der Waals surface area contributed by atoms with E-state index in [-0.39, 0.29) is 51.1 Å². The molecular weight excluding hydrogens is 339 g/mol. The van der Waals surface area contributed by atoms with Gasteiger partial charge in [-0.1, -0.05) is 0 Å². The van der Waals surface area contributed by atoms with E-state index >= 15 is 0 Å². The summed E-state index contributed by atoms with van der Waals surface area (Å²) in [6.07, 6.45) is 0. The minimum atomic E-state index is -0.440. The van der Waals surface area contributed by atoms with E-state index in [0.717, 1.165) is 0 Å². The second-order valence-corrected chi connectivity index (χ2v) is 4.15. The normalized spacial score (nSPS) is 9.91. The highest BCUT2D eigenvalue weighted by Gasteiger charge is 2.16. The van der Waals surface area contributed by atoms with Gasteiger partial charge < -0.3 is 19.7 Å². The number of aliphatic hydroxyl groups excluding tert-OH is 2. The molecule has 0 aromatic heterocycles. The van der Waals surface area contributed by atoms with Gasteiger partial charge in [0.1, 0.15) is 0 Å². The van der Waals surface area contributed by atoms with Gasteiger partial charge in [-0.15, -0.1) is 24.8 Å². The van der Waals surface area contributed by atoms with Crippen molar-refractivity contribution in [3.05, 3.63) is 0 Å². The van der Waals surface area contributed by atoms with Gasteiger partial charge in [0.25, 0.3) is 0 Å². The van der Waals surface area contributed by atoms with Crippen LogP contribution in [0.2, 0.25) is 0 Å². The van der Waals surface area contributed by atoms with Crippen molar-refractivity contribution in [3.63, 3.8) is 0 Å². The lowest BCUT2D eigenvalue weighted by molar-refractivity contribution is -0.145. The van der Waals surface area contributed by atoms with Gasteiger partial charge in [-0.05, 0) is 0 Å². The lowest BCUT2D eigenvalue weighted by Crippen LogP contribution is -2.42. The molecule has 0 fully saturated rings. The molecule has 0 aliphatic carbocycles. The molecule has 0 amide bonds. The molecule has 10 heteroatoms. The Bertz CT molecular complexity index is 273. The van der Waals surface area contributed by atoms with Gasteiger partial charge in [0.15, 0.2) is 0 Å². The van der Waals surface area contributed by atoms with Gasteiger partial charge in [-0.25, -0.2) is 0 Å². The zero-order valence-corrected chi connectivity index (χ0v) is 14.5. The first kappa shape index (κ1) is 26.3. The molecule has 0 rings (SSSR count). The molecule has 0 heterocycles. The van der Waals surface area contributed by atoms with Gasteiger partial charge in [-0.2, -0.15) is 0 Å². The number of carbonyl (C=O) groups excluding carboxylic acids is 2. The lowest BCUT2D eigenvalue weighted by Gasteiger charge is -2.25. The van der Waals surface area contributed by atoms with E-state index in [4.69, 9.17) is 10.2 Å². The molecule has 22 heavy (non-hydrogen) atoms. The van der Waals surface area contributed by atoms with Crippen LogP contribution in [0.4, 0.5) is 0 Å². The number of hydrogen-bond donors (Lipinski definition) is 2. The molecule has 0 aliphatic rings. The summed E-state index contributed by atoms with van der Waals surface area (Å²) >= 11 is 0. The van der Waals surface area contributed by atoms with Crippen molar-refractivity contribution >= 4 is 36.8 Å². The van der Waals surface area contributed by atoms with Gasteiger partial charge in [0, 0.05) is 26.2 Å². The average molecular weight is 365 g/mol. The molecular formula is C12H26Cl2N2O6. The topological polar surface area (TPSA) is 99.5 Å².